The number of carbonyl (C=O) groups excluding carboxylic acids is 3. The Bertz CT molecular complexity index is 1180. The number of methoxy groups -OCH3 is 1. The average Bonchev–Trinajstić information content (AvgIpc) is 3.10. The summed E-state index contributed by atoms with van der Waals surface area (Å²) in [5.74, 6) is -1.05. The summed E-state index contributed by atoms with van der Waals surface area (Å²) in [6, 6.07) is 7.02. The number of anilines is 3. The molecule has 0 aliphatic heterocycles. The number of esters is 1. The highest BCUT2D eigenvalue weighted by Gasteiger charge is 2.21. The number of aromatic nitrogens is 2. The number of thiophene rings is 1. The molecule has 0 radical (unpaired) electrons. The van der Waals surface area contributed by atoms with Gasteiger partial charge in [-0.25, -0.2) is 9.97 Å². The van der Waals surface area contributed by atoms with Gasteiger partial charge in [0.1, 0.15) is 9.71 Å². The topological polar surface area (TPSA) is 174 Å². The van der Waals surface area contributed by atoms with E-state index in [1.807, 2.05) is 13.0 Å². The molecule has 12 heteroatoms. The first kappa shape index (κ1) is 22.9. The van der Waals surface area contributed by atoms with Crippen molar-refractivity contribution in [3.8, 4) is 11.3 Å². The van der Waals surface area contributed by atoms with Crippen molar-refractivity contribution in [2.75, 3.05) is 43.1 Å². The van der Waals surface area contributed by atoms with Crippen molar-refractivity contribution in [1.82, 2.24) is 15.3 Å². The van der Waals surface area contributed by atoms with Crippen LogP contribution >= 0.6 is 11.3 Å². The predicted molar refractivity (Wildman–Crippen MR) is 123 cm³/mol. The lowest BCUT2D eigenvalue weighted by Crippen LogP contribution is -2.32. The fraction of sp³-hybridized carbons (Fsp3) is 0.250. The Kier molecular flexibility index (Phi) is 7.18. The lowest BCUT2D eigenvalue weighted by Gasteiger charge is -2.10. The fourth-order valence-electron chi connectivity index (χ4n) is 2.95. The molecule has 0 bridgehead atoms. The maximum atomic E-state index is 12.2. The van der Waals surface area contributed by atoms with Gasteiger partial charge in [-0.3, -0.25) is 19.7 Å². The molecule has 0 aliphatic carbocycles. The van der Waals surface area contributed by atoms with E-state index in [-0.39, 0.29) is 29.6 Å². The third-order valence-corrected chi connectivity index (χ3v) is 5.46. The Morgan fingerprint density at radius 1 is 1.19 bits per heavy atom. The maximum absolute atomic E-state index is 12.2. The quantitative estimate of drug-likeness (QED) is 0.295. The van der Waals surface area contributed by atoms with E-state index in [0.29, 0.717) is 39.7 Å². The molecule has 11 nitrogen and oxygen atoms in total. The fourth-order valence-corrected chi connectivity index (χ4v) is 3.90. The molecule has 3 rings (SSSR count). The number of nitrogens with one attached hydrogen (secondary N) is 3. The van der Waals surface area contributed by atoms with E-state index in [9.17, 15) is 14.4 Å². The highest BCUT2D eigenvalue weighted by atomic mass is 32.1. The number of carbonyl (C=O) groups is 3. The van der Waals surface area contributed by atoms with Gasteiger partial charge in [0.15, 0.2) is 0 Å². The summed E-state index contributed by atoms with van der Waals surface area (Å²) in [4.78, 5) is 44.8. The Labute approximate surface area is 187 Å². The second-order valence-corrected chi connectivity index (χ2v) is 7.62. The minimum Gasteiger partial charge on any atom is -0.468 e. The number of primary amides is 1. The molecular weight excluding hydrogens is 434 g/mol. The first-order valence-electron chi connectivity index (χ1n) is 9.65. The van der Waals surface area contributed by atoms with Gasteiger partial charge in [0.05, 0.1) is 37.0 Å². The number of hydrogen-bond acceptors (Lipinski definition) is 10. The van der Waals surface area contributed by atoms with E-state index in [1.165, 1.54) is 7.11 Å². The molecular formula is C20H23N7O4S. The zero-order valence-electron chi connectivity index (χ0n) is 17.5. The summed E-state index contributed by atoms with van der Waals surface area (Å²) >= 11 is 1.10. The highest BCUT2D eigenvalue weighted by Crippen LogP contribution is 2.39. The van der Waals surface area contributed by atoms with Gasteiger partial charge in [-0.2, -0.15) is 0 Å². The number of amides is 2. The number of nitrogens with zero attached hydrogens (tertiary/aromatic N) is 2. The van der Waals surface area contributed by atoms with Crippen LogP contribution in [-0.4, -0.2) is 54.5 Å². The lowest BCUT2D eigenvalue weighted by molar-refractivity contribution is -0.139. The van der Waals surface area contributed by atoms with Gasteiger partial charge in [-0.15, -0.1) is 11.3 Å². The van der Waals surface area contributed by atoms with Crippen molar-refractivity contribution < 1.29 is 19.1 Å². The van der Waals surface area contributed by atoms with Crippen molar-refractivity contribution in [2.45, 2.75) is 6.92 Å². The summed E-state index contributed by atoms with van der Waals surface area (Å²) in [6.45, 7) is 2.37. The zero-order chi connectivity index (χ0) is 23.3. The molecule has 168 valence electrons. The highest BCUT2D eigenvalue weighted by molar-refractivity contribution is 7.21. The monoisotopic (exact) mass is 457 g/mol. The van der Waals surface area contributed by atoms with Crippen LogP contribution in [0.4, 0.5) is 17.3 Å². The van der Waals surface area contributed by atoms with Gasteiger partial charge in [0.2, 0.25) is 11.9 Å². The van der Waals surface area contributed by atoms with E-state index in [1.54, 1.807) is 18.2 Å². The van der Waals surface area contributed by atoms with Crippen molar-refractivity contribution in [2.24, 2.45) is 5.73 Å². The smallest absolute Gasteiger partial charge is 0.319 e. The third-order valence-electron chi connectivity index (χ3n) is 4.35. The van der Waals surface area contributed by atoms with E-state index in [4.69, 9.17) is 11.5 Å². The molecule has 1 aromatic carbocycles. The number of nitrogens with two attached hydrogens (primary N) is 2. The van der Waals surface area contributed by atoms with Gasteiger partial charge in [-0.1, -0.05) is 12.1 Å². The van der Waals surface area contributed by atoms with Crippen LogP contribution in [0.5, 0.6) is 0 Å². The molecule has 0 atom stereocenters. The van der Waals surface area contributed by atoms with Gasteiger partial charge < -0.3 is 26.8 Å². The molecule has 0 aliphatic rings. The van der Waals surface area contributed by atoms with Crippen LogP contribution in [0.2, 0.25) is 0 Å². The zero-order valence-corrected chi connectivity index (χ0v) is 18.3. The Balaban J connectivity index is 1.93. The number of nitrogen functional groups attached to an aromatic ring is 1. The normalized spacial score (nSPS) is 10.7. The van der Waals surface area contributed by atoms with Crippen LogP contribution in [0.15, 0.2) is 24.3 Å². The first-order valence-corrected chi connectivity index (χ1v) is 10.5. The van der Waals surface area contributed by atoms with Crippen molar-refractivity contribution in [1.29, 1.82) is 0 Å². The van der Waals surface area contributed by atoms with Gasteiger partial charge in [0.25, 0.3) is 5.91 Å². The molecule has 7 N–H and O–H groups in total. The number of hydrogen-bond donors (Lipinski definition) is 5. The molecule has 2 heterocycles. The van der Waals surface area contributed by atoms with Crippen LogP contribution in [0.25, 0.3) is 21.5 Å². The van der Waals surface area contributed by atoms with E-state index >= 15 is 0 Å². The number of benzene rings is 1. The van der Waals surface area contributed by atoms with E-state index < -0.39 is 11.9 Å². The molecule has 0 saturated heterocycles. The third kappa shape index (κ3) is 5.10. The number of fused-ring (bicyclic) bond motifs is 1. The number of rotatable bonds is 9. The predicted octanol–water partition coefficient (Wildman–Crippen LogP) is 1.17. The van der Waals surface area contributed by atoms with Crippen molar-refractivity contribution >= 4 is 56.7 Å². The molecule has 0 saturated carbocycles. The second-order valence-electron chi connectivity index (χ2n) is 6.62. The van der Waals surface area contributed by atoms with Crippen LogP contribution in [0, 0.1) is 0 Å². The summed E-state index contributed by atoms with van der Waals surface area (Å²) in [7, 11) is 1.27. The van der Waals surface area contributed by atoms with E-state index in [2.05, 4.69) is 30.7 Å². The summed E-state index contributed by atoms with van der Waals surface area (Å²) in [5, 5.41) is 9.03. The summed E-state index contributed by atoms with van der Waals surface area (Å²) in [6.07, 6.45) is 0. The van der Waals surface area contributed by atoms with Crippen LogP contribution in [-0.2, 0) is 14.3 Å². The Hall–Kier alpha value is -3.77. The second kappa shape index (κ2) is 10.0. The average molecular weight is 458 g/mol. The number of ether oxygens (including phenoxy) is 1. The minimum absolute atomic E-state index is 0.0684. The minimum atomic E-state index is -0.637. The van der Waals surface area contributed by atoms with Gasteiger partial charge >= 0.3 is 5.97 Å². The molecule has 3 aromatic rings. The first-order chi connectivity index (χ1) is 15.3. The molecule has 2 amide bonds. The SMILES string of the molecule is CCNc1nc(-c2cccc(NC(=O)CNCC(=O)OC)c2)c2c(N)c(C(N)=O)sc2n1. The lowest BCUT2D eigenvalue weighted by atomic mass is 10.1. The molecule has 0 spiro atoms. The maximum Gasteiger partial charge on any atom is 0.319 e. The van der Waals surface area contributed by atoms with Crippen LogP contribution < -0.4 is 27.4 Å². The molecule has 0 unspecified atom stereocenters. The molecule has 2 aromatic heterocycles. The van der Waals surface area contributed by atoms with E-state index in [0.717, 1.165) is 11.3 Å². The van der Waals surface area contributed by atoms with Crippen LogP contribution in [0.3, 0.4) is 0 Å². The largest absolute Gasteiger partial charge is 0.468 e. The Morgan fingerprint density at radius 2 is 1.97 bits per heavy atom. The molecule has 0 fully saturated rings. The standard InChI is InChI=1S/C20H23N7O4S/c1-3-24-20-26-16(14-15(21)17(18(22)30)32-19(14)27-20)10-5-4-6-11(7-10)25-12(28)8-23-9-13(29)31-2/h4-7,23H,3,8-9,21H2,1-2H3,(H2,22,30)(H,25,28)(H,24,26,27). The summed E-state index contributed by atoms with van der Waals surface area (Å²) < 4.78 is 4.51. The van der Waals surface area contributed by atoms with Gasteiger partial charge in [-0.05, 0) is 19.1 Å². The van der Waals surface area contributed by atoms with Crippen molar-refractivity contribution in [3.05, 3.63) is 29.1 Å². The van der Waals surface area contributed by atoms with Crippen LogP contribution in [0.1, 0.15) is 16.6 Å². The van der Waals surface area contributed by atoms with Gasteiger partial charge in [0, 0.05) is 17.8 Å². The summed E-state index contributed by atoms with van der Waals surface area (Å²) in [5.41, 5.74) is 13.6. The Morgan fingerprint density at radius 3 is 2.66 bits per heavy atom. The molecule has 32 heavy (non-hydrogen) atoms. The van der Waals surface area contributed by atoms with Crippen molar-refractivity contribution in [3.63, 3.8) is 0 Å².